The van der Waals surface area contributed by atoms with E-state index in [1.165, 1.54) is 6.20 Å². The van der Waals surface area contributed by atoms with Crippen molar-refractivity contribution in [2.75, 3.05) is 6.54 Å². The van der Waals surface area contributed by atoms with Crippen LogP contribution in [0.25, 0.3) is 0 Å². The van der Waals surface area contributed by atoms with Gasteiger partial charge in [0.05, 0.1) is 11.9 Å². The molecule has 1 aliphatic rings. The molecule has 0 radical (unpaired) electrons. The Bertz CT molecular complexity index is 485. The summed E-state index contributed by atoms with van der Waals surface area (Å²) < 4.78 is 26.5. The van der Waals surface area contributed by atoms with Crippen LogP contribution < -0.4 is 4.72 Å². The summed E-state index contributed by atoms with van der Waals surface area (Å²) in [5.41, 5.74) is 0.555. The van der Waals surface area contributed by atoms with Crippen LogP contribution in [0.4, 0.5) is 0 Å². The van der Waals surface area contributed by atoms with E-state index in [-0.39, 0.29) is 10.3 Å². The number of H-pyrrole nitrogens is 1. The van der Waals surface area contributed by atoms with Gasteiger partial charge in [0.15, 0.2) is 0 Å². The van der Waals surface area contributed by atoms with Crippen molar-refractivity contribution in [2.45, 2.75) is 36.5 Å². The van der Waals surface area contributed by atoms with Crippen LogP contribution >= 0.6 is 11.6 Å². The predicted octanol–water partition coefficient (Wildman–Crippen LogP) is 1.40. The minimum atomic E-state index is -3.44. The summed E-state index contributed by atoms with van der Waals surface area (Å²) in [6.07, 6.45) is 4.17. The Morgan fingerprint density at radius 2 is 2.35 bits per heavy atom. The molecule has 2 rings (SSSR count). The number of hydrogen-bond donors (Lipinski definition) is 2. The van der Waals surface area contributed by atoms with Crippen LogP contribution in [0.1, 0.15) is 25.0 Å². The number of sulfonamides is 1. The first-order valence-corrected chi connectivity index (χ1v) is 7.54. The summed E-state index contributed by atoms with van der Waals surface area (Å²) in [4.78, 5) is 0.220. The molecule has 0 saturated heterocycles. The molecular weight excluding hydrogens is 262 g/mol. The first kappa shape index (κ1) is 12.9. The van der Waals surface area contributed by atoms with Gasteiger partial charge in [-0.15, -0.1) is 11.6 Å². The van der Waals surface area contributed by atoms with E-state index < -0.39 is 10.0 Å². The topological polar surface area (TPSA) is 74.8 Å². The molecule has 2 unspecified atom stereocenters. The number of aromatic amines is 1. The fourth-order valence-corrected chi connectivity index (χ4v) is 3.74. The standard InChI is InChI=1S/C10H16ClN3O2S/c1-7-10(6-12-14-7)17(15,16)13-5-8-2-3-9(11)4-8/h6,8-9,13H,2-5H2,1H3,(H,12,14). The van der Waals surface area contributed by atoms with Gasteiger partial charge in [0.1, 0.15) is 4.90 Å². The Labute approximate surface area is 106 Å². The molecule has 0 spiro atoms. The number of halogens is 1. The third-order valence-electron chi connectivity index (χ3n) is 3.11. The molecule has 5 nitrogen and oxygen atoms in total. The van der Waals surface area contributed by atoms with Crippen LogP contribution in [-0.2, 0) is 10.0 Å². The maximum atomic E-state index is 11.9. The minimum absolute atomic E-state index is 0.195. The van der Waals surface area contributed by atoms with Gasteiger partial charge in [0.2, 0.25) is 10.0 Å². The van der Waals surface area contributed by atoms with Gasteiger partial charge >= 0.3 is 0 Å². The van der Waals surface area contributed by atoms with Crippen molar-refractivity contribution in [3.8, 4) is 0 Å². The molecule has 0 aromatic carbocycles. The second-order valence-corrected chi connectivity index (χ2v) is 6.84. The van der Waals surface area contributed by atoms with Gasteiger partial charge in [0.25, 0.3) is 0 Å². The fraction of sp³-hybridized carbons (Fsp3) is 0.700. The molecule has 0 aliphatic heterocycles. The van der Waals surface area contributed by atoms with Gasteiger partial charge in [-0.2, -0.15) is 5.10 Å². The number of aromatic nitrogens is 2. The Morgan fingerprint density at radius 3 is 2.88 bits per heavy atom. The lowest BCUT2D eigenvalue weighted by Gasteiger charge is -2.10. The SMILES string of the molecule is Cc1[nH]ncc1S(=O)(=O)NCC1CCC(Cl)C1. The van der Waals surface area contributed by atoms with E-state index in [0.717, 1.165) is 19.3 Å². The van der Waals surface area contributed by atoms with Crippen LogP contribution in [0.5, 0.6) is 0 Å². The van der Waals surface area contributed by atoms with E-state index in [9.17, 15) is 8.42 Å². The van der Waals surface area contributed by atoms with E-state index in [0.29, 0.717) is 18.2 Å². The van der Waals surface area contributed by atoms with Gasteiger partial charge in [-0.1, -0.05) is 0 Å². The number of alkyl halides is 1. The fourth-order valence-electron chi connectivity index (χ4n) is 2.12. The van der Waals surface area contributed by atoms with E-state index in [4.69, 9.17) is 11.6 Å². The van der Waals surface area contributed by atoms with E-state index in [1.807, 2.05) is 0 Å². The van der Waals surface area contributed by atoms with Crippen LogP contribution in [0.2, 0.25) is 0 Å². The quantitative estimate of drug-likeness (QED) is 0.817. The largest absolute Gasteiger partial charge is 0.281 e. The molecule has 1 heterocycles. The average molecular weight is 278 g/mol. The third-order valence-corrected chi connectivity index (χ3v) is 5.05. The molecule has 2 N–H and O–H groups in total. The summed E-state index contributed by atoms with van der Waals surface area (Å²) in [6.45, 7) is 2.14. The predicted molar refractivity (Wildman–Crippen MR) is 65.5 cm³/mol. The summed E-state index contributed by atoms with van der Waals surface area (Å²) in [6, 6.07) is 0. The van der Waals surface area contributed by atoms with E-state index >= 15 is 0 Å². The lowest BCUT2D eigenvalue weighted by molar-refractivity contribution is 0.520. The van der Waals surface area contributed by atoms with Crippen molar-refractivity contribution >= 4 is 21.6 Å². The summed E-state index contributed by atoms with van der Waals surface area (Å²) >= 11 is 5.99. The number of nitrogens with zero attached hydrogens (tertiary/aromatic N) is 1. The van der Waals surface area contributed by atoms with Crippen molar-refractivity contribution in [3.63, 3.8) is 0 Å². The highest BCUT2D eigenvalue weighted by Gasteiger charge is 2.25. The number of hydrogen-bond acceptors (Lipinski definition) is 3. The summed E-state index contributed by atoms with van der Waals surface area (Å²) in [5.74, 6) is 0.347. The smallest absolute Gasteiger partial charge is 0.243 e. The average Bonchev–Trinajstić information content (AvgIpc) is 2.85. The zero-order chi connectivity index (χ0) is 12.5. The third kappa shape index (κ3) is 3.00. The Morgan fingerprint density at radius 1 is 1.59 bits per heavy atom. The highest BCUT2D eigenvalue weighted by atomic mass is 35.5. The number of nitrogens with one attached hydrogen (secondary N) is 2. The lowest BCUT2D eigenvalue weighted by Crippen LogP contribution is -2.28. The van der Waals surface area contributed by atoms with E-state index in [2.05, 4.69) is 14.9 Å². The van der Waals surface area contributed by atoms with Crippen LogP contribution in [0, 0.1) is 12.8 Å². The highest BCUT2D eigenvalue weighted by molar-refractivity contribution is 7.89. The Balaban J connectivity index is 1.97. The molecule has 96 valence electrons. The minimum Gasteiger partial charge on any atom is -0.281 e. The zero-order valence-corrected chi connectivity index (χ0v) is 11.2. The van der Waals surface area contributed by atoms with Crippen molar-refractivity contribution in [1.82, 2.24) is 14.9 Å². The summed E-state index contributed by atoms with van der Waals surface area (Å²) in [7, 11) is -3.44. The van der Waals surface area contributed by atoms with Crippen LogP contribution in [-0.4, -0.2) is 30.5 Å². The molecule has 1 saturated carbocycles. The lowest BCUT2D eigenvalue weighted by atomic mass is 10.1. The zero-order valence-electron chi connectivity index (χ0n) is 9.61. The molecule has 0 amide bonds. The van der Waals surface area contributed by atoms with Crippen LogP contribution in [0.3, 0.4) is 0 Å². The van der Waals surface area contributed by atoms with Crippen molar-refractivity contribution < 1.29 is 8.42 Å². The Hall–Kier alpha value is -0.590. The van der Waals surface area contributed by atoms with Gasteiger partial charge in [-0.25, -0.2) is 13.1 Å². The van der Waals surface area contributed by atoms with Gasteiger partial charge in [0, 0.05) is 11.9 Å². The molecular formula is C10H16ClN3O2S. The maximum Gasteiger partial charge on any atom is 0.243 e. The van der Waals surface area contributed by atoms with Gasteiger partial charge in [-0.3, -0.25) is 5.10 Å². The second kappa shape index (κ2) is 4.96. The van der Waals surface area contributed by atoms with E-state index in [1.54, 1.807) is 6.92 Å². The van der Waals surface area contributed by atoms with Crippen molar-refractivity contribution in [3.05, 3.63) is 11.9 Å². The molecule has 1 fully saturated rings. The molecule has 2 atom stereocenters. The first-order chi connectivity index (χ1) is 7.99. The van der Waals surface area contributed by atoms with Crippen molar-refractivity contribution in [1.29, 1.82) is 0 Å². The first-order valence-electron chi connectivity index (χ1n) is 5.63. The Kier molecular flexibility index (Phi) is 3.75. The number of aryl methyl sites for hydroxylation is 1. The highest BCUT2D eigenvalue weighted by Crippen LogP contribution is 2.29. The second-order valence-electron chi connectivity index (χ2n) is 4.49. The van der Waals surface area contributed by atoms with Gasteiger partial charge in [-0.05, 0) is 32.1 Å². The molecule has 0 bridgehead atoms. The van der Waals surface area contributed by atoms with Crippen molar-refractivity contribution in [2.24, 2.45) is 5.92 Å². The summed E-state index contributed by atoms with van der Waals surface area (Å²) in [5, 5.41) is 6.53. The maximum absolute atomic E-state index is 11.9. The molecule has 1 aromatic heterocycles. The van der Waals surface area contributed by atoms with Gasteiger partial charge < -0.3 is 0 Å². The monoisotopic (exact) mass is 277 g/mol. The number of rotatable bonds is 4. The molecule has 17 heavy (non-hydrogen) atoms. The normalized spacial score (nSPS) is 25.3. The molecule has 1 aromatic rings. The molecule has 1 aliphatic carbocycles. The molecule has 7 heteroatoms. The van der Waals surface area contributed by atoms with Crippen LogP contribution in [0.15, 0.2) is 11.1 Å².